The summed E-state index contributed by atoms with van der Waals surface area (Å²) in [6.07, 6.45) is -1.20. The first-order valence-electron chi connectivity index (χ1n) is 7.77. The Hall–Kier alpha value is -2.21. The molecular formula is C19H16F3NOS. The second-order valence-corrected chi connectivity index (χ2v) is 6.81. The molecule has 1 saturated heterocycles. The molecule has 2 aromatic rings. The maximum Gasteiger partial charge on any atom is 0.416 e. The van der Waals surface area contributed by atoms with Gasteiger partial charge in [-0.15, -0.1) is 11.8 Å². The number of nitrogens with zero attached hydrogens (tertiary/aromatic N) is 1. The molecule has 0 radical (unpaired) electrons. The zero-order valence-electron chi connectivity index (χ0n) is 13.2. The quantitative estimate of drug-likeness (QED) is 0.716. The van der Waals surface area contributed by atoms with Crippen LogP contribution in [0.15, 0.2) is 60.7 Å². The van der Waals surface area contributed by atoms with Crippen LogP contribution < -0.4 is 0 Å². The molecule has 1 unspecified atom stereocenters. The second-order valence-electron chi connectivity index (χ2n) is 5.62. The average Bonchev–Trinajstić information content (AvgIpc) is 3.10. The fourth-order valence-electron chi connectivity index (χ4n) is 2.67. The van der Waals surface area contributed by atoms with Gasteiger partial charge in [0.1, 0.15) is 5.37 Å². The number of carbonyl (C=O) groups excluding carboxylic acids is 1. The fraction of sp³-hybridized carbons (Fsp3) is 0.211. The largest absolute Gasteiger partial charge is 0.416 e. The first kappa shape index (κ1) is 17.6. The summed E-state index contributed by atoms with van der Waals surface area (Å²) < 4.78 is 38.8. The summed E-state index contributed by atoms with van der Waals surface area (Å²) >= 11 is 1.48. The summed E-state index contributed by atoms with van der Waals surface area (Å²) in [6, 6.07) is 14.6. The van der Waals surface area contributed by atoms with Gasteiger partial charge in [0.05, 0.1) is 5.56 Å². The van der Waals surface area contributed by atoms with E-state index in [9.17, 15) is 18.0 Å². The van der Waals surface area contributed by atoms with E-state index in [2.05, 4.69) is 0 Å². The van der Waals surface area contributed by atoms with Crippen molar-refractivity contribution in [3.8, 4) is 0 Å². The van der Waals surface area contributed by atoms with Crippen molar-refractivity contribution in [3.05, 3.63) is 77.4 Å². The number of hydrogen-bond donors (Lipinski definition) is 0. The number of halogens is 3. The molecule has 0 saturated carbocycles. The van der Waals surface area contributed by atoms with E-state index in [1.54, 1.807) is 17.0 Å². The minimum Gasteiger partial charge on any atom is -0.322 e. The van der Waals surface area contributed by atoms with Crippen molar-refractivity contribution in [2.75, 3.05) is 12.3 Å². The molecule has 1 fully saturated rings. The summed E-state index contributed by atoms with van der Waals surface area (Å²) in [7, 11) is 0. The Bertz CT molecular complexity index is 774. The molecule has 3 rings (SSSR count). The van der Waals surface area contributed by atoms with Gasteiger partial charge in [0, 0.05) is 18.4 Å². The van der Waals surface area contributed by atoms with Crippen LogP contribution >= 0.6 is 11.8 Å². The molecule has 1 aliphatic rings. The Labute approximate surface area is 148 Å². The van der Waals surface area contributed by atoms with Crippen LogP contribution in [0.4, 0.5) is 13.2 Å². The van der Waals surface area contributed by atoms with E-state index in [1.165, 1.54) is 23.9 Å². The molecular weight excluding hydrogens is 347 g/mol. The molecule has 2 nitrogen and oxygen atoms in total. The lowest BCUT2D eigenvalue weighted by Crippen LogP contribution is -2.28. The standard InChI is InChI=1S/C19H16F3NOS/c20-19(21,22)16-8-4-7-15(13-16)18-23(11-12-25-18)17(24)10-9-14-5-2-1-3-6-14/h1-10,13,18H,11-12H2/b10-9+. The van der Waals surface area contributed by atoms with E-state index in [0.29, 0.717) is 17.9 Å². The highest BCUT2D eigenvalue weighted by molar-refractivity contribution is 7.99. The zero-order valence-corrected chi connectivity index (χ0v) is 14.1. The minimum absolute atomic E-state index is 0.198. The van der Waals surface area contributed by atoms with Crippen LogP contribution in [0.3, 0.4) is 0 Å². The molecule has 25 heavy (non-hydrogen) atoms. The summed E-state index contributed by atoms with van der Waals surface area (Å²) in [5.74, 6) is 0.502. The van der Waals surface area contributed by atoms with Gasteiger partial charge in [0.2, 0.25) is 5.91 Å². The number of carbonyl (C=O) groups is 1. The Morgan fingerprint density at radius 1 is 1.12 bits per heavy atom. The molecule has 0 spiro atoms. The van der Waals surface area contributed by atoms with Crippen LogP contribution in [0.1, 0.15) is 22.1 Å². The van der Waals surface area contributed by atoms with E-state index >= 15 is 0 Å². The summed E-state index contributed by atoms with van der Waals surface area (Å²) in [5.41, 5.74) is 0.710. The van der Waals surface area contributed by atoms with Crippen molar-refractivity contribution in [3.63, 3.8) is 0 Å². The number of hydrogen-bond acceptors (Lipinski definition) is 2. The number of benzene rings is 2. The van der Waals surface area contributed by atoms with Crippen LogP contribution in [-0.4, -0.2) is 23.1 Å². The van der Waals surface area contributed by atoms with Gasteiger partial charge in [-0.3, -0.25) is 4.79 Å². The van der Waals surface area contributed by atoms with Gasteiger partial charge >= 0.3 is 6.18 Å². The minimum atomic E-state index is -4.39. The SMILES string of the molecule is O=C(/C=C/c1ccccc1)N1CCSC1c1cccc(C(F)(F)F)c1. The summed E-state index contributed by atoms with van der Waals surface area (Å²) in [5, 5.41) is -0.393. The monoisotopic (exact) mass is 363 g/mol. The number of amides is 1. The summed E-state index contributed by atoms with van der Waals surface area (Å²) in [6.45, 7) is 0.517. The molecule has 2 aromatic carbocycles. The Kier molecular flexibility index (Phi) is 5.18. The predicted octanol–water partition coefficient (Wildman–Crippen LogP) is 4.99. The molecule has 0 N–H and O–H groups in total. The topological polar surface area (TPSA) is 20.3 Å². The molecule has 0 aliphatic carbocycles. The highest BCUT2D eigenvalue weighted by Gasteiger charge is 2.34. The first-order valence-corrected chi connectivity index (χ1v) is 8.82. The van der Waals surface area contributed by atoms with Gasteiger partial charge in [-0.25, -0.2) is 0 Å². The van der Waals surface area contributed by atoms with E-state index in [4.69, 9.17) is 0 Å². The molecule has 1 aliphatic heterocycles. The van der Waals surface area contributed by atoms with Crippen molar-refractivity contribution in [2.24, 2.45) is 0 Å². The van der Waals surface area contributed by atoms with Crippen molar-refractivity contribution >= 4 is 23.7 Å². The fourth-order valence-corrected chi connectivity index (χ4v) is 3.92. The van der Waals surface area contributed by atoms with Gasteiger partial charge in [0.25, 0.3) is 0 Å². The van der Waals surface area contributed by atoms with E-state index in [-0.39, 0.29) is 5.91 Å². The van der Waals surface area contributed by atoms with Crippen LogP contribution in [0.2, 0.25) is 0 Å². The van der Waals surface area contributed by atoms with Crippen LogP contribution in [0.5, 0.6) is 0 Å². The van der Waals surface area contributed by atoms with Gasteiger partial charge < -0.3 is 4.90 Å². The smallest absolute Gasteiger partial charge is 0.322 e. The van der Waals surface area contributed by atoms with Crippen LogP contribution in [0, 0.1) is 0 Å². The third-order valence-corrected chi connectivity index (χ3v) is 5.15. The molecule has 6 heteroatoms. The van der Waals surface area contributed by atoms with Crippen molar-refractivity contribution < 1.29 is 18.0 Å². The summed E-state index contributed by atoms with van der Waals surface area (Å²) in [4.78, 5) is 14.1. The van der Waals surface area contributed by atoms with Crippen LogP contribution in [-0.2, 0) is 11.0 Å². The Balaban J connectivity index is 1.79. The van der Waals surface area contributed by atoms with E-state index in [1.807, 2.05) is 30.3 Å². The van der Waals surface area contributed by atoms with Gasteiger partial charge in [0.15, 0.2) is 0 Å². The maximum absolute atomic E-state index is 12.9. The van der Waals surface area contributed by atoms with Gasteiger partial charge in [-0.2, -0.15) is 13.2 Å². The molecule has 0 bridgehead atoms. The third kappa shape index (κ3) is 4.25. The molecule has 0 aromatic heterocycles. The molecule has 1 atom stereocenters. The normalized spacial score (nSPS) is 18.0. The van der Waals surface area contributed by atoms with Crippen molar-refractivity contribution in [1.82, 2.24) is 4.90 Å². The van der Waals surface area contributed by atoms with Gasteiger partial charge in [-0.1, -0.05) is 42.5 Å². The molecule has 130 valence electrons. The lowest BCUT2D eigenvalue weighted by molar-refractivity contribution is -0.137. The number of thioether (sulfide) groups is 1. The van der Waals surface area contributed by atoms with Gasteiger partial charge in [-0.05, 0) is 29.3 Å². The zero-order chi connectivity index (χ0) is 17.9. The average molecular weight is 363 g/mol. The first-order chi connectivity index (χ1) is 11.9. The van der Waals surface area contributed by atoms with Crippen molar-refractivity contribution in [2.45, 2.75) is 11.6 Å². The number of alkyl halides is 3. The Morgan fingerprint density at radius 3 is 2.60 bits per heavy atom. The second kappa shape index (κ2) is 7.35. The molecule has 1 amide bonds. The lowest BCUT2D eigenvalue weighted by atomic mass is 10.1. The number of rotatable bonds is 3. The van der Waals surface area contributed by atoms with Crippen LogP contribution in [0.25, 0.3) is 6.08 Å². The highest BCUT2D eigenvalue weighted by Crippen LogP contribution is 2.40. The lowest BCUT2D eigenvalue weighted by Gasteiger charge is -2.23. The van der Waals surface area contributed by atoms with Crippen molar-refractivity contribution in [1.29, 1.82) is 0 Å². The van der Waals surface area contributed by atoms with E-state index < -0.39 is 17.1 Å². The third-order valence-electron chi connectivity index (χ3n) is 3.89. The van der Waals surface area contributed by atoms with E-state index in [0.717, 1.165) is 17.7 Å². The maximum atomic E-state index is 12.9. The predicted molar refractivity (Wildman–Crippen MR) is 93.8 cm³/mol. The Morgan fingerprint density at radius 2 is 1.88 bits per heavy atom. The molecule has 1 heterocycles. The highest BCUT2D eigenvalue weighted by atomic mass is 32.2.